The van der Waals surface area contributed by atoms with Crippen LogP contribution in [0.3, 0.4) is 0 Å². The Morgan fingerprint density at radius 1 is 1.30 bits per heavy atom. The number of nitrogens with one attached hydrogen (secondary N) is 1. The number of rotatable bonds is 2. The Morgan fingerprint density at radius 2 is 1.90 bits per heavy atom. The number of aliphatic hydroxyl groups excluding tert-OH is 1. The van der Waals surface area contributed by atoms with E-state index in [9.17, 15) is 0 Å². The maximum Gasteiger partial charge on any atom is 0.103 e. The summed E-state index contributed by atoms with van der Waals surface area (Å²) in [6.07, 6.45) is 3.97. The third kappa shape index (κ3) is 2.67. The summed E-state index contributed by atoms with van der Waals surface area (Å²) in [6.45, 7) is 5.36. The second-order valence-corrected chi connectivity index (χ2v) is 3.36. The van der Waals surface area contributed by atoms with Crippen LogP contribution in [-0.2, 0) is 0 Å². The number of hydrogen-bond donors (Lipinski definition) is 2. The quantitative estimate of drug-likeness (QED) is 0.533. The molecule has 0 saturated carbocycles. The Kier molecular flexibility index (Phi) is 3.16. The standard InChI is InChI=1S/C8H17NO/c1-8(10)7-9-5-3-2-4-6-9/h8,10H,2-7H2,1H3/p+1/t8-/m0/s1. The molecule has 2 nitrogen and oxygen atoms in total. The van der Waals surface area contributed by atoms with Gasteiger partial charge in [0, 0.05) is 0 Å². The number of piperidine rings is 1. The lowest BCUT2D eigenvalue weighted by molar-refractivity contribution is -0.907. The van der Waals surface area contributed by atoms with Crippen LogP contribution < -0.4 is 4.90 Å². The lowest BCUT2D eigenvalue weighted by atomic mass is 10.1. The molecular weight excluding hydrogens is 126 g/mol. The van der Waals surface area contributed by atoms with Gasteiger partial charge in [-0.15, -0.1) is 0 Å². The van der Waals surface area contributed by atoms with E-state index in [0.717, 1.165) is 6.54 Å². The van der Waals surface area contributed by atoms with Crippen LogP contribution in [0.15, 0.2) is 0 Å². The second kappa shape index (κ2) is 3.94. The summed E-state index contributed by atoms with van der Waals surface area (Å²) in [4.78, 5) is 1.58. The molecule has 10 heavy (non-hydrogen) atoms. The smallest absolute Gasteiger partial charge is 0.103 e. The highest BCUT2D eigenvalue weighted by Gasteiger charge is 2.14. The van der Waals surface area contributed by atoms with Crippen molar-refractivity contribution in [3.05, 3.63) is 0 Å². The van der Waals surface area contributed by atoms with E-state index < -0.39 is 0 Å². The van der Waals surface area contributed by atoms with Gasteiger partial charge in [-0.05, 0) is 26.2 Å². The molecule has 60 valence electrons. The van der Waals surface area contributed by atoms with Crippen molar-refractivity contribution in [3.8, 4) is 0 Å². The SMILES string of the molecule is C[C@H](O)C[NH+]1CCCCC1. The van der Waals surface area contributed by atoms with E-state index in [1.165, 1.54) is 32.4 Å². The van der Waals surface area contributed by atoms with Gasteiger partial charge in [0.15, 0.2) is 0 Å². The molecule has 1 rings (SSSR count). The molecule has 0 amide bonds. The predicted octanol–water partition coefficient (Wildman–Crippen LogP) is -0.564. The van der Waals surface area contributed by atoms with Crippen LogP contribution in [0.25, 0.3) is 0 Å². The molecular formula is C8H18NO+. The third-order valence-electron chi connectivity index (χ3n) is 2.14. The first kappa shape index (κ1) is 8.02. The topological polar surface area (TPSA) is 24.7 Å². The molecule has 0 aliphatic carbocycles. The molecule has 0 unspecified atom stereocenters. The highest BCUT2D eigenvalue weighted by Crippen LogP contribution is 1.94. The van der Waals surface area contributed by atoms with E-state index in [1.807, 2.05) is 6.92 Å². The van der Waals surface area contributed by atoms with Crippen LogP contribution in [-0.4, -0.2) is 30.8 Å². The zero-order valence-corrected chi connectivity index (χ0v) is 6.77. The molecule has 0 aromatic carbocycles. The Morgan fingerprint density at radius 3 is 2.40 bits per heavy atom. The van der Waals surface area contributed by atoms with Gasteiger partial charge in [-0.1, -0.05) is 0 Å². The molecule has 0 bridgehead atoms. The highest BCUT2D eigenvalue weighted by atomic mass is 16.3. The Balaban J connectivity index is 2.13. The van der Waals surface area contributed by atoms with Crippen molar-refractivity contribution < 1.29 is 10.0 Å². The molecule has 1 fully saturated rings. The first-order valence-electron chi connectivity index (χ1n) is 4.30. The normalized spacial score (nSPS) is 24.6. The van der Waals surface area contributed by atoms with Gasteiger partial charge in [-0.3, -0.25) is 0 Å². The van der Waals surface area contributed by atoms with Crippen molar-refractivity contribution >= 4 is 0 Å². The monoisotopic (exact) mass is 144 g/mol. The minimum absolute atomic E-state index is 0.118. The van der Waals surface area contributed by atoms with Crippen LogP contribution >= 0.6 is 0 Å². The first-order valence-corrected chi connectivity index (χ1v) is 4.30. The van der Waals surface area contributed by atoms with Gasteiger partial charge in [0.25, 0.3) is 0 Å². The second-order valence-electron chi connectivity index (χ2n) is 3.36. The summed E-state index contributed by atoms with van der Waals surface area (Å²) >= 11 is 0. The predicted molar refractivity (Wildman–Crippen MR) is 41.1 cm³/mol. The fraction of sp³-hybridized carbons (Fsp3) is 1.00. The Bertz CT molecular complexity index is 87.3. The van der Waals surface area contributed by atoms with Crippen LogP contribution in [0.2, 0.25) is 0 Å². The van der Waals surface area contributed by atoms with Crippen LogP contribution in [0.4, 0.5) is 0 Å². The zero-order chi connectivity index (χ0) is 7.40. The summed E-state index contributed by atoms with van der Waals surface area (Å²) in [5.41, 5.74) is 0. The molecule has 0 aromatic rings. The van der Waals surface area contributed by atoms with E-state index in [-0.39, 0.29) is 6.10 Å². The van der Waals surface area contributed by atoms with Crippen molar-refractivity contribution in [2.75, 3.05) is 19.6 Å². The number of likely N-dealkylation sites (tertiary alicyclic amines) is 1. The Hall–Kier alpha value is -0.0800. The van der Waals surface area contributed by atoms with E-state index in [1.54, 1.807) is 4.90 Å². The van der Waals surface area contributed by atoms with Crippen molar-refractivity contribution in [3.63, 3.8) is 0 Å². The molecule has 2 N–H and O–H groups in total. The molecule has 0 spiro atoms. The molecule has 1 aliphatic heterocycles. The molecule has 0 aromatic heterocycles. The molecule has 2 heteroatoms. The molecule has 1 atom stereocenters. The van der Waals surface area contributed by atoms with Crippen molar-refractivity contribution in [1.29, 1.82) is 0 Å². The van der Waals surface area contributed by atoms with Gasteiger partial charge in [-0.2, -0.15) is 0 Å². The lowest BCUT2D eigenvalue weighted by Gasteiger charge is -2.24. The minimum Gasteiger partial charge on any atom is -0.388 e. The largest absolute Gasteiger partial charge is 0.388 e. The summed E-state index contributed by atoms with van der Waals surface area (Å²) < 4.78 is 0. The van der Waals surface area contributed by atoms with Gasteiger partial charge in [0.05, 0.1) is 13.1 Å². The maximum absolute atomic E-state index is 9.08. The van der Waals surface area contributed by atoms with Crippen LogP contribution in [0.1, 0.15) is 26.2 Å². The molecule has 0 radical (unpaired) electrons. The Labute approximate surface area is 62.8 Å². The van der Waals surface area contributed by atoms with Gasteiger partial charge >= 0.3 is 0 Å². The van der Waals surface area contributed by atoms with Crippen LogP contribution in [0, 0.1) is 0 Å². The van der Waals surface area contributed by atoms with Gasteiger partial charge in [-0.25, -0.2) is 0 Å². The fourth-order valence-electron chi connectivity index (χ4n) is 1.67. The van der Waals surface area contributed by atoms with E-state index in [0.29, 0.717) is 0 Å². The van der Waals surface area contributed by atoms with Gasteiger partial charge in [0.2, 0.25) is 0 Å². The molecule has 1 aliphatic rings. The van der Waals surface area contributed by atoms with Crippen molar-refractivity contribution in [2.45, 2.75) is 32.3 Å². The van der Waals surface area contributed by atoms with E-state index in [2.05, 4.69) is 0 Å². The first-order chi connectivity index (χ1) is 4.79. The summed E-state index contributed by atoms with van der Waals surface area (Å²) in [7, 11) is 0. The van der Waals surface area contributed by atoms with Gasteiger partial charge in [0.1, 0.15) is 12.6 Å². The van der Waals surface area contributed by atoms with Crippen LogP contribution in [0.5, 0.6) is 0 Å². The summed E-state index contributed by atoms with van der Waals surface area (Å²) in [5.74, 6) is 0. The van der Waals surface area contributed by atoms with Crippen molar-refractivity contribution in [1.82, 2.24) is 0 Å². The minimum atomic E-state index is -0.118. The number of quaternary nitrogens is 1. The van der Waals surface area contributed by atoms with E-state index in [4.69, 9.17) is 5.11 Å². The highest BCUT2D eigenvalue weighted by molar-refractivity contribution is 4.48. The lowest BCUT2D eigenvalue weighted by Crippen LogP contribution is -3.13. The zero-order valence-electron chi connectivity index (χ0n) is 6.77. The maximum atomic E-state index is 9.08. The summed E-state index contributed by atoms with van der Waals surface area (Å²) in [5, 5.41) is 9.08. The van der Waals surface area contributed by atoms with E-state index >= 15 is 0 Å². The van der Waals surface area contributed by atoms with Crippen molar-refractivity contribution in [2.24, 2.45) is 0 Å². The third-order valence-corrected chi connectivity index (χ3v) is 2.14. The molecule has 1 heterocycles. The van der Waals surface area contributed by atoms with Gasteiger partial charge < -0.3 is 10.0 Å². The number of aliphatic hydroxyl groups is 1. The average molecular weight is 144 g/mol. The number of hydrogen-bond acceptors (Lipinski definition) is 1. The average Bonchev–Trinajstić information content (AvgIpc) is 1.88. The molecule has 1 saturated heterocycles. The summed E-state index contributed by atoms with van der Waals surface area (Å²) in [6, 6.07) is 0. The fourth-order valence-corrected chi connectivity index (χ4v) is 1.67.